The van der Waals surface area contributed by atoms with Gasteiger partial charge in [-0.05, 0) is 37.5 Å². The van der Waals surface area contributed by atoms with Gasteiger partial charge < -0.3 is 21.1 Å². The Morgan fingerprint density at radius 2 is 1.88 bits per heavy atom. The van der Waals surface area contributed by atoms with Crippen LogP contribution in [0.1, 0.15) is 13.3 Å². The molecule has 0 unspecified atom stereocenters. The average Bonchev–Trinajstić information content (AvgIpc) is 2.54. The summed E-state index contributed by atoms with van der Waals surface area (Å²) >= 11 is 13.5. The molecule has 2 atom stereocenters. The lowest BCUT2D eigenvalue weighted by Crippen LogP contribution is -2.46. The third-order valence-electron chi connectivity index (χ3n) is 3.08. The summed E-state index contributed by atoms with van der Waals surface area (Å²) in [6, 6.07) is 2.99. The number of primary amides is 1. The van der Waals surface area contributed by atoms with Crippen LogP contribution in [0.3, 0.4) is 0 Å². The third kappa shape index (κ3) is 7.01. The first-order chi connectivity index (χ1) is 11.8. The van der Waals surface area contributed by atoms with Crippen molar-refractivity contribution in [3.05, 3.63) is 28.2 Å². The summed E-state index contributed by atoms with van der Waals surface area (Å²) in [6.45, 7) is 1.40. The molecule has 1 aromatic rings. The van der Waals surface area contributed by atoms with Gasteiger partial charge in [0.05, 0.1) is 15.7 Å². The van der Waals surface area contributed by atoms with Gasteiger partial charge in [-0.3, -0.25) is 4.79 Å². The minimum atomic E-state index is -1.12. The SMILES string of the molecule is CSCC[C@H](NC(N)=O)C(=O)O[C@H](C)C(=O)Nc1c(Cl)cccc1Cl. The molecule has 0 spiro atoms. The smallest absolute Gasteiger partial charge is 0.329 e. The van der Waals surface area contributed by atoms with Crippen molar-refractivity contribution in [1.82, 2.24) is 5.32 Å². The lowest BCUT2D eigenvalue weighted by atomic mass is 10.2. The largest absolute Gasteiger partial charge is 0.451 e. The Morgan fingerprint density at radius 3 is 2.40 bits per heavy atom. The van der Waals surface area contributed by atoms with Crippen LogP contribution in [-0.2, 0) is 14.3 Å². The molecule has 4 N–H and O–H groups in total. The summed E-state index contributed by atoms with van der Waals surface area (Å²) in [5, 5.41) is 5.33. The first kappa shape index (κ1) is 21.4. The van der Waals surface area contributed by atoms with Crippen LogP contribution < -0.4 is 16.4 Å². The number of ether oxygens (including phenoxy) is 1. The highest BCUT2D eigenvalue weighted by atomic mass is 35.5. The number of para-hydroxylation sites is 1. The van der Waals surface area contributed by atoms with Crippen molar-refractivity contribution >= 4 is 58.6 Å². The Balaban J connectivity index is 2.71. The van der Waals surface area contributed by atoms with E-state index in [1.165, 1.54) is 18.7 Å². The molecule has 0 aliphatic rings. The number of amides is 3. The van der Waals surface area contributed by atoms with Gasteiger partial charge in [0.25, 0.3) is 5.91 Å². The highest BCUT2D eigenvalue weighted by Gasteiger charge is 2.26. The number of hydrogen-bond donors (Lipinski definition) is 3. The number of nitrogens with two attached hydrogens (primary N) is 1. The number of carbonyl (C=O) groups excluding carboxylic acids is 3. The molecule has 0 bridgehead atoms. The first-order valence-electron chi connectivity index (χ1n) is 7.26. The van der Waals surface area contributed by atoms with Gasteiger partial charge in [-0.2, -0.15) is 11.8 Å². The molecule has 138 valence electrons. The van der Waals surface area contributed by atoms with Crippen LogP contribution in [0, 0.1) is 0 Å². The number of anilines is 1. The van der Waals surface area contributed by atoms with Crippen LogP contribution in [0.2, 0.25) is 10.0 Å². The van der Waals surface area contributed by atoms with Crippen molar-refractivity contribution in [2.45, 2.75) is 25.5 Å². The monoisotopic (exact) mass is 407 g/mol. The molecule has 0 aliphatic carbocycles. The molecule has 0 saturated heterocycles. The van der Waals surface area contributed by atoms with E-state index >= 15 is 0 Å². The van der Waals surface area contributed by atoms with Gasteiger partial charge in [0.2, 0.25) is 0 Å². The van der Waals surface area contributed by atoms with E-state index < -0.39 is 30.1 Å². The van der Waals surface area contributed by atoms with Crippen molar-refractivity contribution in [3.8, 4) is 0 Å². The van der Waals surface area contributed by atoms with Gasteiger partial charge in [0.1, 0.15) is 6.04 Å². The van der Waals surface area contributed by atoms with E-state index in [-0.39, 0.29) is 15.7 Å². The molecule has 1 rings (SSSR count). The topological polar surface area (TPSA) is 111 Å². The first-order valence-corrected chi connectivity index (χ1v) is 9.41. The number of benzene rings is 1. The summed E-state index contributed by atoms with van der Waals surface area (Å²) in [5.41, 5.74) is 5.29. The second-order valence-corrected chi connectivity index (χ2v) is 6.81. The van der Waals surface area contributed by atoms with Crippen LogP contribution in [0.4, 0.5) is 10.5 Å². The second kappa shape index (κ2) is 10.4. The Labute approximate surface area is 159 Å². The van der Waals surface area contributed by atoms with Crippen LogP contribution >= 0.6 is 35.0 Å². The fourth-order valence-corrected chi connectivity index (χ4v) is 2.77. The van der Waals surface area contributed by atoms with Gasteiger partial charge in [-0.25, -0.2) is 9.59 Å². The molecular formula is C15H19Cl2N3O4S. The Bertz CT molecular complexity index is 625. The van der Waals surface area contributed by atoms with Gasteiger partial charge in [0.15, 0.2) is 6.10 Å². The van der Waals surface area contributed by atoms with Crippen LogP contribution in [0.25, 0.3) is 0 Å². The van der Waals surface area contributed by atoms with Gasteiger partial charge in [-0.1, -0.05) is 29.3 Å². The molecular weight excluding hydrogens is 389 g/mol. The van der Waals surface area contributed by atoms with E-state index in [1.54, 1.807) is 18.2 Å². The number of halogens is 2. The number of rotatable bonds is 8. The molecule has 0 aromatic heterocycles. The van der Waals surface area contributed by atoms with E-state index in [0.717, 1.165) is 0 Å². The van der Waals surface area contributed by atoms with Crippen LogP contribution in [0.5, 0.6) is 0 Å². The van der Waals surface area contributed by atoms with Crippen LogP contribution in [0.15, 0.2) is 18.2 Å². The maximum Gasteiger partial charge on any atom is 0.329 e. The standard InChI is InChI=1S/C15H19Cl2N3O4S/c1-8(13(21)20-12-9(16)4-3-5-10(12)17)24-14(22)11(6-7-25-2)19-15(18)23/h3-5,8,11H,6-7H2,1-2H3,(H,20,21)(H3,18,19,23)/t8-,11+/m1/s1. The maximum absolute atomic E-state index is 12.2. The lowest BCUT2D eigenvalue weighted by Gasteiger charge is -2.19. The molecule has 0 saturated carbocycles. The Morgan fingerprint density at radius 1 is 1.28 bits per heavy atom. The predicted octanol–water partition coefficient (Wildman–Crippen LogP) is 2.65. The molecule has 1 aromatic carbocycles. The number of nitrogens with one attached hydrogen (secondary N) is 2. The number of hydrogen-bond acceptors (Lipinski definition) is 5. The number of urea groups is 1. The minimum absolute atomic E-state index is 0.230. The second-order valence-electron chi connectivity index (χ2n) is 5.01. The summed E-state index contributed by atoms with van der Waals surface area (Å²) in [6.07, 6.45) is 1.07. The molecule has 3 amide bonds. The molecule has 0 aliphatic heterocycles. The molecule has 0 fully saturated rings. The maximum atomic E-state index is 12.2. The lowest BCUT2D eigenvalue weighted by molar-refractivity contribution is -0.155. The summed E-state index contributed by atoms with van der Waals surface area (Å²) < 4.78 is 5.11. The van der Waals surface area contributed by atoms with Crippen LogP contribution in [-0.4, -0.2) is 42.1 Å². The summed E-state index contributed by atoms with van der Waals surface area (Å²) in [5.74, 6) is -0.748. The van der Waals surface area contributed by atoms with E-state index in [2.05, 4.69) is 10.6 Å². The number of esters is 1. The molecule has 0 heterocycles. The van der Waals surface area contributed by atoms with E-state index in [9.17, 15) is 14.4 Å². The van der Waals surface area contributed by atoms with Crippen molar-refractivity contribution < 1.29 is 19.1 Å². The van der Waals surface area contributed by atoms with E-state index in [4.69, 9.17) is 33.7 Å². The molecule has 7 nitrogen and oxygen atoms in total. The quantitative estimate of drug-likeness (QED) is 0.573. The van der Waals surface area contributed by atoms with Crippen molar-refractivity contribution in [2.75, 3.05) is 17.3 Å². The van der Waals surface area contributed by atoms with Crippen molar-refractivity contribution in [3.63, 3.8) is 0 Å². The van der Waals surface area contributed by atoms with Gasteiger partial charge >= 0.3 is 12.0 Å². The van der Waals surface area contributed by atoms with E-state index in [1.807, 2.05) is 6.26 Å². The summed E-state index contributed by atoms with van der Waals surface area (Å²) in [4.78, 5) is 35.3. The number of carbonyl (C=O) groups is 3. The third-order valence-corrected chi connectivity index (χ3v) is 4.36. The Kier molecular flexibility index (Phi) is 8.88. The average molecular weight is 408 g/mol. The highest BCUT2D eigenvalue weighted by Crippen LogP contribution is 2.29. The normalized spacial score (nSPS) is 12.8. The number of thioether (sulfide) groups is 1. The zero-order valence-corrected chi connectivity index (χ0v) is 16.0. The van der Waals surface area contributed by atoms with E-state index in [0.29, 0.717) is 12.2 Å². The predicted molar refractivity (Wildman–Crippen MR) is 100 cm³/mol. The fraction of sp³-hybridized carbons (Fsp3) is 0.400. The van der Waals surface area contributed by atoms with Gasteiger partial charge in [-0.15, -0.1) is 0 Å². The summed E-state index contributed by atoms with van der Waals surface area (Å²) in [7, 11) is 0. The highest BCUT2D eigenvalue weighted by molar-refractivity contribution is 7.98. The zero-order chi connectivity index (χ0) is 19.0. The fourth-order valence-electron chi connectivity index (χ4n) is 1.81. The molecule has 10 heteroatoms. The zero-order valence-electron chi connectivity index (χ0n) is 13.7. The molecule has 0 radical (unpaired) electrons. The molecule has 25 heavy (non-hydrogen) atoms. The van der Waals surface area contributed by atoms with Crippen molar-refractivity contribution in [1.29, 1.82) is 0 Å². The van der Waals surface area contributed by atoms with Crippen molar-refractivity contribution in [2.24, 2.45) is 5.73 Å². The Hall–Kier alpha value is -1.64. The minimum Gasteiger partial charge on any atom is -0.451 e. The van der Waals surface area contributed by atoms with Gasteiger partial charge in [0, 0.05) is 0 Å².